The van der Waals surface area contributed by atoms with E-state index in [0.717, 1.165) is 31.4 Å². The summed E-state index contributed by atoms with van der Waals surface area (Å²) in [5.74, 6) is 0.616. The maximum atomic E-state index is 12.2. The van der Waals surface area contributed by atoms with Crippen molar-refractivity contribution in [2.45, 2.75) is 45.1 Å². The molecule has 1 aliphatic rings. The molecule has 1 aromatic heterocycles. The molecule has 0 unspecified atom stereocenters. The van der Waals surface area contributed by atoms with E-state index in [0.29, 0.717) is 12.3 Å². The van der Waals surface area contributed by atoms with Crippen LogP contribution in [0.1, 0.15) is 49.0 Å². The molecular formula is C17H22N4O. The minimum atomic E-state index is 0.147. The van der Waals surface area contributed by atoms with Gasteiger partial charge in [-0.05, 0) is 42.7 Å². The molecule has 0 bridgehead atoms. The van der Waals surface area contributed by atoms with Crippen LogP contribution >= 0.6 is 0 Å². The molecule has 3 rings (SSSR count). The molecule has 1 aliphatic carbocycles. The quantitative estimate of drug-likeness (QED) is 0.805. The molecule has 116 valence electrons. The van der Waals surface area contributed by atoms with E-state index in [1.54, 1.807) is 6.20 Å². The molecule has 22 heavy (non-hydrogen) atoms. The summed E-state index contributed by atoms with van der Waals surface area (Å²) in [7, 11) is 0. The summed E-state index contributed by atoms with van der Waals surface area (Å²) in [6.07, 6.45) is 6.05. The van der Waals surface area contributed by atoms with Gasteiger partial charge in [0.15, 0.2) is 0 Å². The number of carbonyl (C=O) groups is 1. The number of rotatable bonds is 6. The number of H-pyrrole nitrogens is 1. The predicted octanol–water partition coefficient (Wildman–Crippen LogP) is 2.57. The minimum absolute atomic E-state index is 0.147. The lowest BCUT2D eigenvalue weighted by atomic mass is 10.0. The Morgan fingerprint density at radius 3 is 3.05 bits per heavy atom. The molecule has 0 spiro atoms. The molecular weight excluding hydrogens is 276 g/mol. The van der Waals surface area contributed by atoms with Crippen LogP contribution in [-0.4, -0.2) is 21.3 Å². The number of nitrogens with zero attached hydrogens (tertiary/aromatic N) is 2. The van der Waals surface area contributed by atoms with Gasteiger partial charge in [-0.2, -0.15) is 15.4 Å². The third kappa shape index (κ3) is 3.35. The Hall–Kier alpha value is -2.17. The van der Waals surface area contributed by atoms with Gasteiger partial charge in [0, 0.05) is 6.42 Å². The highest BCUT2D eigenvalue weighted by atomic mass is 16.1. The molecule has 2 aromatic rings. The highest BCUT2D eigenvalue weighted by Gasteiger charge is 2.29. The largest absolute Gasteiger partial charge is 0.349 e. The molecule has 0 fully saturated rings. The molecule has 2 atom stereocenters. The van der Waals surface area contributed by atoms with Crippen molar-refractivity contribution < 1.29 is 4.79 Å². The third-order valence-corrected chi connectivity index (χ3v) is 4.37. The second-order valence-corrected chi connectivity index (χ2v) is 6.09. The lowest BCUT2D eigenvalue weighted by molar-refractivity contribution is -0.122. The smallest absolute Gasteiger partial charge is 0.220 e. The fourth-order valence-electron chi connectivity index (χ4n) is 3.20. The molecule has 0 saturated carbocycles. The number of benzene rings is 1. The van der Waals surface area contributed by atoms with Gasteiger partial charge in [-0.25, -0.2) is 0 Å². The normalized spacial score (nSPS) is 19.9. The van der Waals surface area contributed by atoms with E-state index >= 15 is 0 Å². The zero-order valence-corrected chi connectivity index (χ0v) is 12.9. The Morgan fingerprint density at radius 2 is 2.23 bits per heavy atom. The van der Waals surface area contributed by atoms with Crippen LogP contribution in [0.5, 0.6) is 0 Å². The molecule has 1 amide bonds. The summed E-state index contributed by atoms with van der Waals surface area (Å²) >= 11 is 0. The summed E-state index contributed by atoms with van der Waals surface area (Å²) in [4.78, 5) is 12.2. The fourth-order valence-corrected chi connectivity index (χ4v) is 3.20. The van der Waals surface area contributed by atoms with Crippen LogP contribution in [0.4, 0.5) is 0 Å². The summed E-state index contributed by atoms with van der Waals surface area (Å²) in [6.45, 7) is 2.20. The van der Waals surface area contributed by atoms with Crippen molar-refractivity contribution in [3.05, 3.63) is 47.3 Å². The number of aryl methyl sites for hydroxylation is 1. The molecule has 1 aromatic carbocycles. The summed E-state index contributed by atoms with van der Waals surface area (Å²) in [6, 6.07) is 8.58. The van der Waals surface area contributed by atoms with Crippen molar-refractivity contribution in [2.75, 3.05) is 0 Å². The first-order valence-electron chi connectivity index (χ1n) is 7.96. The van der Waals surface area contributed by atoms with E-state index in [2.05, 4.69) is 45.9 Å². The topological polar surface area (TPSA) is 70.7 Å². The molecule has 0 aliphatic heterocycles. The Balaban J connectivity index is 1.46. The minimum Gasteiger partial charge on any atom is -0.349 e. The third-order valence-electron chi connectivity index (χ3n) is 4.37. The standard InChI is InChI=1S/C17H22N4O/c1-12-10-13-6-2-4-8-15(13)17(12)19-16(22)9-5-3-7-14-11-18-21-20-14/h2,4,6,8,11-12,17H,3,5,7,9-10H2,1H3,(H,19,22)(H,18,20,21)/t12-,17-/m0/s1. The number of aromatic amines is 1. The summed E-state index contributed by atoms with van der Waals surface area (Å²) in [5, 5.41) is 13.6. The average molecular weight is 298 g/mol. The Morgan fingerprint density at radius 1 is 1.36 bits per heavy atom. The number of aromatic nitrogens is 3. The van der Waals surface area contributed by atoms with Gasteiger partial charge in [0.05, 0.1) is 17.9 Å². The number of unbranched alkanes of at least 4 members (excludes halogenated alkanes) is 1. The highest BCUT2D eigenvalue weighted by molar-refractivity contribution is 5.76. The van der Waals surface area contributed by atoms with Crippen LogP contribution in [0.3, 0.4) is 0 Å². The average Bonchev–Trinajstić information content (AvgIpc) is 3.13. The second-order valence-electron chi connectivity index (χ2n) is 6.09. The van der Waals surface area contributed by atoms with E-state index in [9.17, 15) is 4.79 Å². The Bertz CT molecular complexity index is 623. The monoisotopic (exact) mass is 298 g/mol. The fraction of sp³-hybridized carbons (Fsp3) is 0.471. The van der Waals surface area contributed by atoms with Gasteiger partial charge in [-0.15, -0.1) is 0 Å². The number of fused-ring (bicyclic) bond motifs is 1. The van der Waals surface area contributed by atoms with Gasteiger partial charge < -0.3 is 5.32 Å². The first-order chi connectivity index (χ1) is 10.7. The first kappa shape index (κ1) is 14.8. The zero-order chi connectivity index (χ0) is 15.4. The molecule has 1 heterocycles. The molecule has 0 saturated heterocycles. The van der Waals surface area contributed by atoms with Crippen LogP contribution in [0.2, 0.25) is 0 Å². The van der Waals surface area contributed by atoms with E-state index in [-0.39, 0.29) is 11.9 Å². The van der Waals surface area contributed by atoms with Gasteiger partial charge in [-0.3, -0.25) is 4.79 Å². The van der Waals surface area contributed by atoms with Crippen LogP contribution in [0.25, 0.3) is 0 Å². The molecule has 5 nitrogen and oxygen atoms in total. The van der Waals surface area contributed by atoms with Crippen LogP contribution in [0.15, 0.2) is 30.5 Å². The zero-order valence-electron chi connectivity index (χ0n) is 12.9. The Labute approximate surface area is 130 Å². The van der Waals surface area contributed by atoms with Gasteiger partial charge in [-0.1, -0.05) is 31.2 Å². The van der Waals surface area contributed by atoms with Crippen molar-refractivity contribution in [3.63, 3.8) is 0 Å². The van der Waals surface area contributed by atoms with E-state index < -0.39 is 0 Å². The van der Waals surface area contributed by atoms with Gasteiger partial charge in [0.25, 0.3) is 0 Å². The van der Waals surface area contributed by atoms with Crippen LogP contribution in [-0.2, 0) is 17.6 Å². The molecule has 0 radical (unpaired) electrons. The maximum absolute atomic E-state index is 12.2. The van der Waals surface area contributed by atoms with Crippen molar-refractivity contribution in [1.82, 2.24) is 20.7 Å². The van der Waals surface area contributed by atoms with E-state index in [1.807, 2.05) is 6.07 Å². The van der Waals surface area contributed by atoms with Crippen molar-refractivity contribution in [2.24, 2.45) is 5.92 Å². The van der Waals surface area contributed by atoms with Gasteiger partial charge in [0.1, 0.15) is 0 Å². The Kier molecular flexibility index (Phi) is 4.51. The van der Waals surface area contributed by atoms with Crippen LogP contribution < -0.4 is 5.32 Å². The number of amides is 1. The summed E-state index contributed by atoms with van der Waals surface area (Å²) in [5.41, 5.74) is 3.61. The lowest BCUT2D eigenvalue weighted by Crippen LogP contribution is -2.30. The number of nitrogens with one attached hydrogen (secondary N) is 2. The number of hydrogen-bond acceptors (Lipinski definition) is 3. The van der Waals surface area contributed by atoms with Crippen LogP contribution in [0, 0.1) is 5.92 Å². The molecule has 2 N–H and O–H groups in total. The lowest BCUT2D eigenvalue weighted by Gasteiger charge is -2.18. The van der Waals surface area contributed by atoms with Gasteiger partial charge >= 0.3 is 0 Å². The summed E-state index contributed by atoms with van der Waals surface area (Å²) < 4.78 is 0. The SMILES string of the molecule is C[C@H]1Cc2ccccc2[C@H]1NC(=O)CCCCc1cn[nH]n1. The first-order valence-corrected chi connectivity index (χ1v) is 7.96. The number of carbonyl (C=O) groups excluding carboxylic acids is 1. The second kappa shape index (κ2) is 6.73. The van der Waals surface area contributed by atoms with Crippen molar-refractivity contribution in [3.8, 4) is 0 Å². The maximum Gasteiger partial charge on any atom is 0.220 e. The van der Waals surface area contributed by atoms with E-state index in [1.165, 1.54) is 11.1 Å². The van der Waals surface area contributed by atoms with Crippen molar-refractivity contribution in [1.29, 1.82) is 0 Å². The van der Waals surface area contributed by atoms with E-state index in [4.69, 9.17) is 0 Å². The van der Waals surface area contributed by atoms with Crippen molar-refractivity contribution >= 4 is 5.91 Å². The number of hydrogen-bond donors (Lipinski definition) is 2. The van der Waals surface area contributed by atoms with Gasteiger partial charge in [0.2, 0.25) is 5.91 Å². The molecule has 5 heteroatoms. The highest BCUT2D eigenvalue weighted by Crippen LogP contribution is 2.35. The predicted molar refractivity (Wildman–Crippen MR) is 84.1 cm³/mol.